The molecule has 1 heterocycles. The van der Waals surface area contributed by atoms with E-state index in [1.54, 1.807) is 0 Å². The van der Waals surface area contributed by atoms with Crippen molar-refractivity contribution in [3.63, 3.8) is 0 Å². The number of primary amides is 1. The second-order valence-corrected chi connectivity index (χ2v) is 3.73. The van der Waals surface area contributed by atoms with Crippen molar-refractivity contribution in [2.75, 3.05) is 0 Å². The van der Waals surface area contributed by atoms with Crippen molar-refractivity contribution in [2.24, 2.45) is 5.73 Å². The molecule has 0 fully saturated rings. The second-order valence-electron chi connectivity index (χ2n) is 3.38. The van der Waals surface area contributed by atoms with Crippen LogP contribution in [0.4, 0.5) is 0 Å². The minimum Gasteiger partial charge on any atom is -0.480 e. The van der Waals surface area contributed by atoms with Crippen LogP contribution in [0.2, 0.25) is 5.15 Å². The van der Waals surface area contributed by atoms with Gasteiger partial charge in [-0.15, -0.1) is 0 Å². The quantitative estimate of drug-likeness (QED) is 0.640. The Morgan fingerprint density at radius 1 is 1.50 bits per heavy atom. The highest BCUT2D eigenvalue weighted by atomic mass is 35.5. The van der Waals surface area contributed by atoms with E-state index < -0.39 is 30.2 Å². The number of halogens is 1. The third-order valence-electron chi connectivity index (χ3n) is 2.01. The fraction of sp³-hybridized carbons (Fsp3) is 0.200. The number of amides is 2. The summed E-state index contributed by atoms with van der Waals surface area (Å²) in [6.07, 6.45) is 0.885. The summed E-state index contributed by atoms with van der Waals surface area (Å²) in [5, 5.41) is 10.9. The first kappa shape index (κ1) is 13.9. The molecule has 1 rings (SSSR count). The topological polar surface area (TPSA) is 122 Å². The Morgan fingerprint density at radius 3 is 2.67 bits per heavy atom. The Bertz CT molecular complexity index is 492. The molecule has 0 radical (unpaired) electrons. The van der Waals surface area contributed by atoms with Crippen LogP contribution in [0, 0.1) is 0 Å². The zero-order chi connectivity index (χ0) is 13.7. The number of nitrogens with zero attached hydrogens (tertiary/aromatic N) is 1. The van der Waals surface area contributed by atoms with Crippen LogP contribution in [0.15, 0.2) is 18.3 Å². The maximum Gasteiger partial charge on any atom is 0.326 e. The minimum absolute atomic E-state index is 0.0230. The van der Waals surface area contributed by atoms with Gasteiger partial charge in [0, 0.05) is 6.20 Å². The molecular formula is C10H10ClN3O4. The molecule has 2 amide bonds. The molecule has 7 nitrogen and oxygen atoms in total. The average molecular weight is 272 g/mol. The van der Waals surface area contributed by atoms with E-state index in [4.69, 9.17) is 22.4 Å². The van der Waals surface area contributed by atoms with Gasteiger partial charge in [0.2, 0.25) is 5.91 Å². The van der Waals surface area contributed by atoms with Crippen molar-refractivity contribution >= 4 is 29.4 Å². The number of carboxylic acid groups (broad SMARTS) is 1. The van der Waals surface area contributed by atoms with Crippen LogP contribution in [0.5, 0.6) is 0 Å². The molecule has 8 heteroatoms. The summed E-state index contributed by atoms with van der Waals surface area (Å²) >= 11 is 5.68. The minimum atomic E-state index is -1.40. The van der Waals surface area contributed by atoms with Crippen LogP contribution < -0.4 is 11.1 Å². The number of aromatic nitrogens is 1. The summed E-state index contributed by atoms with van der Waals surface area (Å²) in [5.41, 5.74) is 4.91. The zero-order valence-electron chi connectivity index (χ0n) is 9.09. The number of hydrogen-bond acceptors (Lipinski definition) is 4. The maximum atomic E-state index is 11.7. The van der Waals surface area contributed by atoms with Gasteiger partial charge in [0.05, 0.1) is 12.0 Å². The van der Waals surface area contributed by atoms with Gasteiger partial charge in [0.25, 0.3) is 5.91 Å². The molecule has 1 aromatic rings. The summed E-state index contributed by atoms with van der Waals surface area (Å²) in [6, 6.07) is 1.46. The lowest BCUT2D eigenvalue weighted by molar-refractivity contribution is -0.140. The maximum absolute atomic E-state index is 11.7. The van der Waals surface area contributed by atoms with Crippen LogP contribution >= 0.6 is 11.6 Å². The molecule has 1 aromatic heterocycles. The van der Waals surface area contributed by atoms with E-state index in [0.29, 0.717) is 0 Å². The number of carbonyl (C=O) groups is 3. The fourth-order valence-corrected chi connectivity index (χ4v) is 1.40. The normalized spacial score (nSPS) is 11.6. The summed E-state index contributed by atoms with van der Waals surface area (Å²) in [7, 11) is 0. The van der Waals surface area contributed by atoms with Gasteiger partial charge in [-0.3, -0.25) is 9.59 Å². The molecule has 1 atom stereocenters. The van der Waals surface area contributed by atoms with Gasteiger partial charge in [-0.2, -0.15) is 0 Å². The highest BCUT2D eigenvalue weighted by molar-refractivity contribution is 6.32. The smallest absolute Gasteiger partial charge is 0.326 e. The molecule has 96 valence electrons. The van der Waals surface area contributed by atoms with Crippen LogP contribution in [0.25, 0.3) is 0 Å². The van der Waals surface area contributed by atoms with Crippen molar-refractivity contribution in [1.29, 1.82) is 0 Å². The highest BCUT2D eigenvalue weighted by Gasteiger charge is 2.23. The van der Waals surface area contributed by atoms with Crippen molar-refractivity contribution < 1.29 is 19.5 Å². The summed E-state index contributed by atoms with van der Waals surface area (Å²) in [4.78, 5) is 36.9. The van der Waals surface area contributed by atoms with E-state index in [1.165, 1.54) is 18.3 Å². The second kappa shape index (κ2) is 5.97. The molecular weight excluding hydrogens is 262 g/mol. The zero-order valence-corrected chi connectivity index (χ0v) is 9.85. The predicted molar refractivity (Wildman–Crippen MR) is 61.9 cm³/mol. The van der Waals surface area contributed by atoms with Crippen LogP contribution in [0.3, 0.4) is 0 Å². The van der Waals surface area contributed by atoms with Gasteiger partial charge >= 0.3 is 5.97 Å². The molecule has 0 saturated heterocycles. The molecule has 1 unspecified atom stereocenters. The third kappa shape index (κ3) is 3.70. The van der Waals surface area contributed by atoms with Crippen molar-refractivity contribution in [3.8, 4) is 0 Å². The fourth-order valence-electron chi connectivity index (χ4n) is 1.19. The Morgan fingerprint density at radius 2 is 2.17 bits per heavy atom. The van der Waals surface area contributed by atoms with Gasteiger partial charge in [-0.05, 0) is 12.1 Å². The monoisotopic (exact) mass is 271 g/mol. The Kier molecular flexibility index (Phi) is 4.61. The first-order valence-corrected chi connectivity index (χ1v) is 5.22. The van der Waals surface area contributed by atoms with Gasteiger partial charge < -0.3 is 16.2 Å². The van der Waals surface area contributed by atoms with Gasteiger partial charge in [0.1, 0.15) is 11.2 Å². The van der Waals surface area contributed by atoms with Crippen molar-refractivity contribution in [1.82, 2.24) is 10.3 Å². The molecule has 0 aliphatic heterocycles. The number of aliphatic carboxylic acids is 1. The third-order valence-corrected chi connectivity index (χ3v) is 2.31. The van der Waals surface area contributed by atoms with Gasteiger partial charge in [0.15, 0.2) is 0 Å². The van der Waals surface area contributed by atoms with Crippen LogP contribution in [-0.4, -0.2) is 33.9 Å². The van der Waals surface area contributed by atoms with Crippen molar-refractivity contribution in [3.05, 3.63) is 29.0 Å². The van der Waals surface area contributed by atoms with E-state index in [0.717, 1.165) is 0 Å². The number of nitrogens with two attached hydrogens (primary N) is 1. The lowest BCUT2D eigenvalue weighted by Gasteiger charge is -2.12. The summed E-state index contributed by atoms with van der Waals surface area (Å²) in [5.74, 6) is -2.93. The molecule has 0 bridgehead atoms. The SMILES string of the molecule is NC(=O)CC(NC(=O)c1cccnc1Cl)C(=O)O. The first-order valence-electron chi connectivity index (χ1n) is 4.84. The molecule has 18 heavy (non-hydrogen) atoms. The lowest BCUT2D eigenvalue weighted by atomic mass is 10.2. The summed E-state index contributed by atoms with van der Waals surface area (Å²) < 4.78 is 0. The van der Waals surface area contributed by atoms with E-state index in [-0.39, 0.29) is 10.7 Å². The molecule has 0 saturated carbocycles. The van der Waals surface area contributed by atoms with Gasteiger partial charge in [-0.25, -0.2) is 9.78 Å². The lowest BCUT2D eigenvalue weighted by Crippen LogP contribution is -2.43. The van der Waals surface area contributed by atoms with Gasteiger partial charge in [-0.1, -0.05) is 11.6 Å². The van der Waals surface area contributed by atoms with E-state index in [1.807, 2.05) is 0 Å². The van der Waals surface area contributed by atoms with Crippen molar-refractivity contribution in [2.45, 2.75) is 12.5 Å². The number of nitrogens with one attached hydrogen (secondary N) is 1. The molecule has 4 N–H and O–H groups in total. The van der Waals surface area contributed by atoms with Crippen LogP contribution in [0.1, 0.15) is 16.8 Å². The number of carbonyl (C=O) groups excluding carboxylic acids is 2. The van der Waals surface area contributed by atoms with E-state index in [9.17, 15) is 14.4 Å². The molecule has 0 aliphatic carbocycles. The largest absolute Gasteiger partial charge is 0.480 e. The first-order chi connectivity index (χ1) is 8.41. The molecule has 0 aromatic carbocycles. The van der Waals surface area contributed by atoms with Crippen LogP contribution in [-0.2, 0) is 9.59 Å². The predicted octanol–water partition coefficient (Wildman–Crippen LogP) is -0.207. The van der Waals surface area contributed by atoms with E-state index in [2.05, 4.69) is 10.3 Å². The standard InChI is InChI=1S/C10H10ClN3O4/c11-8-5(2-1-3-13-8)9(16)14-6(10(17)18)4-7(12)15/h1-3,6H,4H2,(H2,12,15)(H,14,16)(H,17,18). The number of hydrogen-bond donors (Lipinski definition) is 3. The number of pyridine rings is 1. The number of carboxylic acids is 1. The molecule has 0 aliphatic rings. The Hall–Kier alpha value is -2.15. The van der Waals surface area contributed by atoms with E-state index >= 15 is 0 Å². The Labute approximate surface area is 107 Å². The summed E-state index contributed by atoms with van der Waals surface area (Å²) in [6.45, 7) is 0. The number of rotatable bonds is 5. The Balaban J connectivity index is 2.82. The average Bonchev–Trinajstić information content (AvgIpc) is 2.27. The highest BCUT2D eigenvalue weighted by Crippen LogP contribution is 2.11. The molecule has 0 spiro atoms.